The molecule has 0 aromatic carbocycles. The maximum Gasteiger partial charge on any atom is 0.279 e. The van der Waals surface area contributed by atoms with Crippen molar-refractivity contribution >= 4 is 51.8 Å². The lowest BCUT2D eigenvalue weighted by atomic mass is 10.2. The van der Waals surface area contributed by atoms with Gasteiger partial charge < -0.3 is 10.6 Å². The number of halogens is 2. The van der Waals surface area contributed by atoms with Crippen molar-refractivity contribution in [3.05, 3.63) is 21.9 Å². The summed E-state index contributed by atoms with van der Waals surface area (Å²) in [6.07, 6.45) is 0. The average Bonchev–Trinajstić information content (AvgIpc) is 2.70. The fourth-order valence-corrected chi connectivity index (χ4v) is 2.84. The number of hydrogen-bond donors (Lipinski definition) is 2. The molecule has 0 saturated carbocycles. The Morgan fingerprint density at radius 2 is 2.33 bits per heavy atom. The molecule has 0 bridgehead atoms. The first kappa shape index (κ1) is 13.5. The Kier molecular flexibility index (Phi) is 3.99. The molecule has 2 heterocycles. The van der Waals surface area contributed by atoms with E-state index in [9.17, 15) is 9.59 Å². The summed E-state index contributed by atoms with van der Waals surface area (Å²) in [5, 5.41) is 5.39. The van der Waals surface area contributed by atoms with E-state index in [2.05, 4.69) is 15.6 Å². The van der Waals surface area contributed by atoms with Crippen molar-refractivity contribution in [2.24, 2.45) is 0 Å². The largest absolute Gasteiger partial charge is 0.334 e. The Bertz CT molecular complexity index is 501. The minimum absolute atomic E-state index is 0.130. The summed E-state index contributed by atoms with van der Waals surface area (Å²) in [5.74, 6) is 0.0880. The molecule has 1 aromatic heterocycles. The van der Waals surface area contributed by atoms with E-state index in [-0.39, 0.29) is 21.5 Å². The highest BCUT2D eigenvalue weighted by Crippen LogP contribution is 2.27. The van der Waals surface area contributed by atoms with Gasteiger partial charge in [-0.25, -0.2) is 4.98 Å². The second-order valence-corrected chi connectivity index (χ2v) is 5.45. The number of pyridine rings is 1. The zero-order valence-electron chi connectivity index (χ0n) is 9.29. The average molecular weight is 306 g/mol. The van der Waals surface area contributed by atoms with Gasteiger partial charge in [-0.3, -0.25) is 9.59 Å². The summed E-state index contributed by atoms with van der Waals surface area (Å²) in [5.41, 5.74) is 1.13. The van der Waals surface area contributed by atoms with E-state index in [1.807, 2.05) is 0 Å². The molecule has 1 unspecified atom stereocenters. The molecule has 0 radical (unpaired) electrons. The van der Waals surface area contributed by atoms with Crippen LogP contribution in [0.1, 0.15) is 5.56 Å². The van der Waals surface area contributed by atoms with E-state index < -0.39 is 6.04 Å². The van der Waals surface area contributed by atoms with Crippen molar-refractivity contribution in [3.63, 3.8) is 0 Å². The third-order valence-electron chi connectivity index (χ3n) is 2.38. The molecule has 1 atom stereocenters. The van der Waals surface area contributed by atoms with E-state index in [0.717, 1.165) is 11.8 Å². The van der Waals surface area contributed by atoms with Gasteiger partial charge in [0, 0.05) is 5.75 Å². The molecule has 0 aliphatic carbocycles. The van der Waals surface area contributed by atoms with Crippen molar-refractivity contribution in [2.75, 3.05) is 11.1 Å². The van der Waals surface area contributed by atoms with Crippen LogP contribution in [0.3, 0.4) is 0 Å². The smallest absolute Gasteiger partial charge is 0.279 e. The van der Waals surface area contributed by atoms with Crippen LogP contribution in [0.15, 0.2) is 6.07 Å². The van der Waals surface area contributed by atoms with Crippen molar-refractivity contribution in [3.8, 4) is 0 Å². The van der Waals surface area contributed by atoms with Crippen LogP contribution in [0.2, 0.25) is 10.3 Å². The monoisotopic (exact) mass is 305 g/mol. The van der Waals surface area contributed by atoms with Gasteiger partial charge in [0.05, 0.1) is 5.69 Å². The molecule has 1 aliphatic rings. The predicted molar refractivity (Wildman–Crippen MR) is 72.4 cm³/mol. The van der Waals surface area contributed by atoms with E-state index in [4.69, 9.17) is 23.2 Å². The number of carbonyl (C=O) groups is 2. The normalized spacial score (nSPS) is 18.6. The number of amides is 2. The Morgan fingerprint density at radius 1 is 1.61 bits per heavy atom. The number of rotatable bonds is 2. The summed E-state index contributed by atoms with van der Waals surface area (Å²) in [4.78, 5) is 26.7. The lowest BCUT2D eigenvalue weighted by Crippen LogP contribution is -2.38. The molecule has 2 N–H and O–H groups in total. The Morgan fingerprint density at radius 3 is 2.89 bits per heavy atom. The molecule has 18 heavy (non-hydrogen) atoms. The maximum atomic E-state index is 11.9. The standard InChI is InChI=1S/C10H9Cl2N3O2S/c1-4-2-6(11)14-8(12)7(4)15-9(16)5-3-18-10(17)13-5/h2,5H,3H2,1H3,(H,13,17)(H,15,16). The zero-order valence-corrected chi connectivity index (χ0v) is 11.6. The third kappa shape index (κ3) is 2.88. The third-order valence-corrected chi connectivity index (χ3v) is 3.73. The van der Waals surface area contributed by atoms with Crippen molar-refractivity contribution < 1.29 is 9.59 Å². The van der Waals surface area contributed by atoms with Crippen LogP contribution in [0, 0.1) is 6.92 Å². The van der Waals surface area contributed by atoms with Gasteiger partial charge in [0.1, 0.15) is 11.2 Å². The second-order valence-electron chi connectivity index (χ2n) is 3.71. The summed E-state index contributed by atoms with van der Waals surface area (Å²) in [6, 6.07) is 1.05. The summed E-state index contributed by atoms with van der Waals surface area (Å²) >= 11 is 12.7. The van der Waals surface area contributed by atoms with E-state index in [1.165, 1.54) is 0 Å². The van der Waals surface area contributed by atoms with Crippen molar-refractivity contribution in [1.29, 1.82) is 0 Å². The van der Waals surface area contributed by atoms with E-state index in [1.54, 1.807) is 13.0 Å². The zero-order chi connectivity index (χ0) is 13.3. The number of hydrogen-bond acceptors (Lipinski definition) is 4. The number of nitrogens with zero attached hydrogens (tertiary/aromatic N) is 1. The van der Waals surface area contributed by atoms with Crippen LogP contribution >= 0.6 is 35.0 Å². The quantitative estimate of drug-likeness (QED) is 0.823. The molecule has 1 saturated heterocycles. The van der Waals surface area contributed by atoms with Gasteiger partial charge in [-0.2, -0.15) is 0 Å². The maximum absolute atomic E-state index is 11.9. The van der Waals surface area contributed by atoms with Gasteiger partial charge >= 0.3 is 0 Å². The molecule has 96 valence electrons. The summed E-state index contributed by atoms with van der Waals surface area (Å²) in [6.45, 7) is 1.76. The van der Waals surface area contributed by atoms with Crippen molar-refractivity contribution in [1.82, 2.24) is 10.3 Å². The molecule has 0 spiro atoms. The highest BCUT2D eigenvalue weighted by molar-refractivity contribution is 8.14. The first-order valence-corrected chi connectivity index (χ1v) is 6.78. The lowest BCUT2D eigenvalue weighted by Gasteiger charge is -2.13. The SMILES string of the molecule is Cc1cc(Cl)nc(Cl)c1NC(=O)C1CSC(=O)N1. The highest BCUT2D eigenvalue weighted by Gasteiger charge is 2.28. The number of nitrogens with one attached hydrogen (secondary N) is 2. The minimum atomic E-state index is -0.548. The van der Waals surface area contributed by atoms with Gasteiger partial charge in [-0.1, -0.05) is 35.0 Å². The number of aryl methyl sites for hydroxylation is 1. The number of anilines is 1. The first-order chi connectivity index (χ1) is 8.47. The lowest BCUT2D eigenvalue weighted by molar-refractivity contribution is -0.117. The van der Waals surface area contributed by atoms with Crippen LogP contribution in [0.25, 0.3) is 0 Å². The molecular formula is C10H9Cl2N3O2S. The van der Waals surface area contributed by atoms with Crippen LogP contribution in [-0.4, -0.2) is 27.9 Å². The topological polar surface area (TPSA) is 71.1 Å². The number of carbonyl (C=O) groups excluding carboxylic acids is 2. The fraction of sp³-hybridized carbons (Fsp3) is 0.300. The summed E-state index contributed by atoms with van der Waals surface area (Å²) < 4.78 is 0. The Labute approximate surface area is 118 Å². The number of aromatic nitrogens is 1. The fourth-order valence-electron chi connectivity index (χ4n) is 1.48. The van der Waals surface area contributed by atoms with E-state index >= 15 is 0 Å². The molecule has 5 nitrogen and oxygen atoms in total. The van der Waals surface area contributed by atoms with Crippen LogP contribution < -0.4 is 10.6 Å². The van der Waals surface area contributed by atoms with Crippen LogP contribution in [0.5, 0.6) is 0 Å². The molecular weight excluding hydrogens is 297 g/mol. The van der Waals surface area contributed by atoms with Gasteiger partial charge in [0.15, 0.2) is 5.15 Å². The molecule has 1 fully saturated rings. The first-order valence-electron chi connectivity index (χ1n) is 5.04. The van der Waals surface area contributed by atoms with E-state index in [0.29, 0.717) is 17.0 Å². The molecule has 1 aromatic rings. The van der Waals surface area contributed by atoms with Gasteiger partial charge in [0.25, 0.3) is 5.24 Å². The second kappa shape index (κ2) is 5.34. The molecule has 2 rings (SSSR count). The molecule has 2 amide bonds. The molecule has 8 heteroatoms. The molecule has 1 aliphatic heterocycles. The number of thioether (sulfide) groups is 1. The Hall–Kier alpha value is -0.980. The van der Waals surface area contributed by atoms with Gasteiger partial charge in [0.2, 0.25) is 5.91 Å². The predicted octanol–water partition coefficient (Wildman–Crippen LogP) is 2.46. The van der Waals surface area contributed by atoms with Gasteiger partial charge in [-0.05, 0) is 18.6 Å². The minimum Gasteiger partial charge on any atom is -0.334 e. The Balaban J connectivity index is 2.14. The highest BCUT2D eigenvalue weighted by atomic mass is 35.5. The summed E-state index contributed by atoms with van der Waals surface area (Å²) in [7, 11) is 0. The van der Waals surface area contributed by atoms with Gasteiger partial charge in [-0.15, -0.1) is 0 Å². The van der Waals surface area contributed by atoms with Crippen molar-refractivity contribution in [2.45, 2.75) is 13.0 Å². The van der Waals surface area contributed by atoms with Crippen LogP contribution in [0.4, 0.5) is 10.5 Å². The van der Waals surface area contributed by atoms with Crippen LogP contribution in [-0.2, 0) is 4.79 Å².